The predicted octanol–water partition coefficient (Wildman–Crippen LogP) is 12.4. The molecule has 0 saturated carbocycles. The third kappa shape index (κ3) is 4.70. The quantitative estimate of drug-likeness (QED) is 0.163. The number of anilines is 3. The van der Waals surface area contributed by atoms with Gasteiger partial charge in [0.1, 0.15) is 0 Å². The summed E-state index contributed by atoms with van der Waals surface area (Å²) in [6.07, 6.45) is 0. The summed E-state index contributed by atoms with van der Waals surface area (Å²) in [5, 5.41) is 7.73. The number of benzene rings is 8. The molecule has 3 heteroatoms. The van der Waals surface area contributed by atoms with Crippen LogP contribution in [0, 0.1) is 0 Å². The minimum absolute atomic E-state index is 0.328. The van der Waals surface area contributed by atoms with Crippen LogP contribution in [0.1, 0.15) is 0 Å². The minimum atomic E-state index is 0.328. The van der Waals surface area contributed by atoms with Gasteiger partial charge in [0.05, 0.1) is 0 Å². The van der Waals surface area contributed by atoms with E-state index in [2.05, 4.69) is 191 Å². The Bertz CT molecular complexity index is 2830. The molecule has 0 aliphatic rings. The fourth-order valence-corrected chi connectivity index (χ4v) is 9.71. The molecule has 2 aromatic heterocycles. The molecule has 10 rings (SSSR count). The van der Waals surface area contributed by atoms with Crippen molar-refractivity contribution in [2.45, 2.75) is 0 Å². The van der Waals surface area contributed by atoms with Gasteiger partial charge in [-0.3, -0.25) is 0 Å². The molecule has 0 unspecified atom stereocenters. The zero-order valence-corrected chi connectivity index (χ0v) is 28.3. The van der Waals surface area contributed by atoms with Crippen molar-refractivity contribution in [3.8, 4) is 16.8 Å². The molecular formula is C46H30N2Se. The Hall–Kier alpha value is -5.86. The van der Waals surface area contributed by atoms with Gasteiger partial charge >= 0.3 is 244 Å². The minimum Gasteiger partial charge on any atom is -0.0602 e. The van der Waals surface area contributed by atoms with Gasteiger partial charge < -0.3 is 0 Å². The van der Waals surface area contributed by atoms with E-state index >= 15 is 0 Å². The molecule has 10 aromatic rings. The van der Waals surface area contributed by atoms with Gasteiger partial charge in [0.25, 0.3) is 0 Å². The number of rotatable bonds is 5. The van der Waals surface area contributed by atoms with Crippen molar-refractivity contribution in [2.24, 2.45) is 0 Å². The molecule has 8 aromatic carbocycles. The Morgan fingerprint density at radius 3 is 1.84 bits per heavy atom. The van der Waals surface area contributed by atoms with Crippen LogP contribution in [0.4, 0.5) is 17.1 Å². The van der Waals surface area contributed by atoms with E-state index in [1.54, 1.807) is 0 Å². The molecule has 49 heavy (non-hydrogen) atoms. The molecule has 0 spiro atoms. The SMILES string of the molecule is c1ccc(-n2c3ccccc3c3cc(N(c4ccc(-c5ccc6ccccc6c5)cc4)c4ccc5[se]c6ccccc6c5c4)ccc32)cc1. The van der Waals surface area contributed by atoms with Crippen LogP contribution < -0.4 is 4.90 Å². The number of hydrogen-bond donors (Lipinski definition) is 0. The average molecular weight is 690 g/mol. The summed E-state index contributed by atoms with van der Waals surface area (Å²) in [4.78, 5) is 2.42. The molecule has 0 atom stereocenters. The molecule has 0 N–H and O–H groups in total. The van der Waals surface area contributed by atoms with E-state index in [1.165, 1.54) is 68.7 Å². The van der Waals surface area contributed by atoms with E-state index in [0.717, 1.165) is 17.1 Å². The molecule has 0 aliphatic heterocycles. The molecule has 2 nitrogen and oxygen atoms in total. The predicted molar refractivity (Wildman–Crippen MR) is 210 cm³/mol. The first-order chi connectivity index (χ1) is 24.3. The van der Waals surface area contributed by atoms with Crippen LogP contribution in [0.25, 0.3) is 68.7 Å². The van der Waals surface area contributed by atoms with Gasteiger partial charge in [-0.15, -0.1) is 0 Å². The Kier molecular flexibility index (Phi) is 6.55. The molecule has 0 aliphatic carbocycles. The van der Waals surface area contributed by atoms with E-state index in [1.807, 2.05) is 0 Å². The number of hydrogen-bond acceptors (Lipinski definition) is 1. The van der Waals surface area contributed by atoms with Crippen molar-refractivity contribution in [3.63, 3.8) is 0 Å². The number of para-hydroxylation sites is 2. The molecule has 2 heterocycles. The smallest absolute Gasteiger partial charge is 0.0602 e. The van der Waals surface area contributed by atoms with Crippen LogP contribution in [0.2, 0.25) is 0 Å². The molecule has 0 fully saturated rings. The Morgan fingerprint density at radius 2 is 0.980 bits per heavy atom. The van der Waals surface area contributed by atoms with Crippen molar-refractivity contribution >= 4 is 83.4 Å². The van der Waals surface area contributed by atoms with Crippen molar-refractivity contribution in [2.75, 3.05) is 4.90 Å². The van der Waals surface area contributed by atoms with Crippen LogP contribution >= 0.6 is 0 Å². The van der Waals surface area contributed by atoms with E-state index in [4.69, 9.17) is 0 Å². The van der Waals surface area contributed by atoms with E-state index in [0.29, 0.717) is 14.5 Å². The maximum atomic E-state index is 2.42. The summed E-state index contributed by atoms with van der Waals surface area (Å²) in [6.45, 7) is 0. The molecule has 0 bridgehead atoms. The zero-order valence-electron chi connectivity index (χ0n) is 26.6. The number of aromatic nitrogens is 1. The molecule has 0 amide bonds. The second kappa shape index (κ2) is 11.4. The van der Waals surface area contributed by atoms with Gasteiger partial charge in [-0.2, -0.15) is 0 Å². The Balaban J connectivity index is 1.16. The van der Waals surface area contributed by atoms with Crippen LogP contribution in [-0.2, 0) is 0 Å². The summed E-state index contributed by atoms with van der Waals surface area (Å²) >= 11 is 0.328. The summed E-state index contributed by atoms with van der Waals surface area (Å²) in [7, 11) is 0. The van der Waals surface area contributed by atoms with Crippen molar-refractivity contribution in [1.29, 1.82) is 0 Å². The monoisotopic (exact) mass is 690 g/mol. The van der Waals surface area contributed by atoms with Crippen LogP contribution in [0.5, 0.6) is 0 Å². The average Bonchev–Trinajstić information content (AvgIpc) is 3.71. The first kappa shape index (κ1) is 28.2. The summed E-state index contributed by atoms with van der Waals surface area (Å²) in [5.74, 6) is 0. The van der Waals surface area contributed by atoms with Gasteiger partial charge in [0, 0.05) is 0 Å². The second-order valence-corrected chi connectivity index (χ2v) is 14.9. The number of nitrogens with zero attached hydrogens (tertiary/aromatic N) is 2. The van der Waals surface area contributed by atoms with E-state index < -0.39 is 0 Å². The first-order valence-corrected chi connectivity index (χ1v) is 18.4. The standard InChI is InChI=1S/C46H30N2Se/c1-2-12-35(13-3-1)48-43-16-8-6-14-39(43)41-29-37(24-26-44(41)48)47(38-25-27-46-42(30-38)40-15-7-9-17-45(40)49-46)36-22-20-32(21-23-36)34-19-18-31-10-4-5-11-33(31)28-34/h1-30H. The summed E-state index contributed by atoms with van der Waals surface area (Å²) in [5.41, 5.74) is 9.45. The van der Waals surface area contributed by atoms with Gasteiger partial charge in [0.15, 0.2) is 0 Å². The van der Waals surface area contributed by atoms with Crippen molar-refractivity contribution in [3.05, 3.63) is 182 Å². The fourth-order valence-electron chi connectivity index (χ4n) is 7.43. The zero-order chi connectivity index (χ0) is 32.3. The van der Waals surface area contributed by atoms with E-state index in [-0.39, 0.29) is 0 Å². The third-order valence-electron chi connectivity index (χ3n) is 9.76. The topological polar surface area (TPSA) is 8.17 Å². The Morgan fingerprint density at radius 1 is 0.367 bits per heavy atom. The molecular weight excluding hydrogens is 659 g/mol. The van der Waals surface area contributed by atoms with Crippen molar-refractivity contribution < 1.29 is 0 Å². The summed E-state index contributed by atoms with van der Waals surface area (Å²) in [6, 6.07) is 66.7. The Labute approximate surface area is 290 Å². The molecule has 0 saturated heterocycles. The second-order valence-electron chi connectivity index (χ2n) is 12.6. The molecule has 0 radical (unpaired) electrons. The van der Waals surface area contributed by atoms with Crippen LogP contribution in [0.15, 0.2) is 182 Å². The van der Waals surface area contributed by atoms with Crippen molar-refractivity contribution in [1.82, 2.24) is 4.57 Å². The number of fused-ring (bicyclic) bond motifs is 7. The van der Waals surface area contributed by atoms with Crippen LogP contribution in [-0.4, -0.2) is 19.1 Å². The van der Waals surface area contributed by atoms with Gasteiger partial charge in [-0.1, -0.05) is 42.5 Å². The normalized spacial score (nSPS) is 11.7. The third-order valence-corrected chi connectivity index (χ3v) is 12.2. The maximum absolute atomic E-state index is 2.42. The van der Waals surface area contributed by atoms with Gasteiger partial charge in [0.2, 0.25) is 0 Å². The fraction of sp³-hybridized carbons (Fsp3) is 0. The van der Waals surface area contributed by atoms with Gasteiger partial charge in [-0.05, 0) is 5.39 Å². The van der Waals surface area contributed by atoms with Gasteiger partial charge in [-0.25, -0.2) is 0 Å². The molecule has 230 valence electrons. The first-order valence-electron chi connectivity index (χ1n) is 16.7. The summed E-state index contributed by atoms with van der Waals surface area (Å²) < 4.78 is 5.29. The van der Waals surface area contributed by atoms with E-state index in [9.17, 15) is 0 Å². The van der Waals surface area contributed by atoms with Crippen LogP contribution in [0.3, 0.4) is 0 Å².